The van der Waals surface area contributed by atoms with Crippen LogP contribution in [0.15, 0.2) is 24.3 Å². The number of alkyl halides is 3. The quantitative estimate of drug-likeness (QED) is 0.898. The molecule has 1 aliphatic rings. The van der Waals surface area contributed by atoms with Gasteiger partial charge in [-0.1, -0.05) is 6.07 Å². The lowest BCUT2D eigenvalue weighted by Gasteiger charge is -2.35. The van der Waals surface area contributed by atoms with Crippen molar-refractivity contribution < 1.29 is 22.7 Å². The molecular formula is C15H19F3N2O2. The SMILES string of the molecule is COCC1(C(=O)Nc2cccc(C(F)(F)F)c2)CCNCC1. The molecule has 22 heavy (non-hydrogen) atoms. The summed E-state index contributed by atoms with van der Waals surface area (Å²) < 4.78 is 43.3. The first-order valence-electron chi connectivity index (χ1n) is 7.06. The van der Waals surface area contributed by atoms with Crippen LogP contribution in [0.1, 0.15) is 18.4 Å². The van der Waals surface area contributed by atoms with Crippen LogP contribution in [0.2, 0.25) is 0 Å². The zero-order chi connectivity index (χ0) is 16.2. The molecule has 0 aliphatic carbocycles. The number of anilines is 1. The minimum atomic E-state index is -4.43. The molecule has 4 nitrogen and oxygen atoms in total. The zero-order valence-corrected chi connectivity index (χ0v) is 12.3. The number of ether oxygens (including phenoxy) is 1. The van der Waals surface area contributed by atoms with Gasteiger partial charge in [0.2, 0.25) is 5.91 Å². The number of halogens is 3. The first-order valence-corrected chi connectivity index (χ1v) is 7.06. The number of rotatable bonds is 4. The predicted molar refractivity (Wildman–Crippen MR) is 76.5 cm³/mol. The van der Waals surface area contributed by atoms with Crippen molar-refractivity contribution in [3.63, 3.8) is 0 Å². The van der Waals surface area contributed by atoms with Crippen LogP contribution in [0.5, 0.6) is 0 Å². The van der Waals surface area contributed by atoms with Crippen molar-refractivity contribution in [1.29, 1.82) is 0 Å². The van der Waals surface area contributed by atoms with Crippen LogP contribution in [-0.4, -0.2) is 32.7 Å². The highest BCUT2D eigenvalue weighted by Crippen LogP contribution is 2.33. The third kappa shape index (κ3) is 3.78. The van der Waals surface area contributed by atoms with E-state index in [0.29, 0.717) is 25.9 Å². The fraction of sp³-hybridized carbons (Fsp3) is 0.533. The molecule has 0 aromatic heterocycles. The van der Waals surface area contributed by atoms with Crippen molar-refractivity contribution in [1.82, 2.24) is 5.32 Å². The zero-order valence-electron chi connectivity index (χ0n) is 12.3. The molecule has 1 aromatic carbocycles. The predicted octanol–water partition coefficient (Wildman–Crippen LogP) is 2.66. The Balaban J connectivity index is 2.16. The van der Waals surface area contributed by atoms with E-state index in [2.05, 4.69) is 10.6 Å². The average Bonchev–Trinajstić information content (AvgIpc) is 2.48. The van der Waals surface area contributed by atoms with Gasteiger partial charge in [-0.2, -0.15) is 13.2 Å². The largest absolute Gasteiger partial charge is 0.416 e. The lowest BCUT2D eigenvalue weighted by Crippen LogP contribution is -2.47. The van der Waals surface area contributed by atoms with Crippen molar-refractivity contribution in [2.45, 2.75) is 19.0 Å². The van der Waals surface area contributed by atoms with Crippen molar-refractivity contribution in [3.05, 3.63) is 29.8 Å². The topological polar surface area (TPSA) is 50.4 Å². The second-order valence-corrected chi connectivity index (χ2v) is 5.50. The van der Waals surface area contributed by atoms with Crippen LogP contribution in [0.25, 0.3) is 0 Å². The monoisotopic (exact) mass is 316 g/mol. The van der Waals surface area contributed by atoms with Crippen LogP contribution in [-0.2, 0) is 15.7 Å². The first-order chi connectivity index (χ1) is 10.4. The highest BCUT2D eigenvalue weighted by Gasteiger charge is 2.40. The van der Waals surface area contributed by atoms with Crippen molar-refractivity contribution >= 4 is 11.6 Å². The van der Waals surface area contributed by atoms with E-state index in [1.54, 1.807) is 0 Å². The highest BCUT2D eigenvalue weighted by atomic mass is 19.4. The number of carbonyl (C=O) groups excluding carboxylic acids is 1. The van der Waals surface area contributed by atoms with E-state index in [4.69, 9.17) is 4.74 Å². The van der Waals surface area contributed by atoms with E-state index in [1.165, 1.54) is 19.2 Å². The Morgan fingerprint density at radius 2 is 2.05 bits per heavy atom. The number of nitrogens with one attached hydrogen (secondary N) is 2. The molecule has 0 unspecified atom stereocenters. The van der Waals surface area contributed by atoms with Gasteiger partial charge in [-0.15, -0.1) is 0 Å². The van der Waals surface area contributed by atoms with Gasteiger partial charge in [0.05, 0.1) is 17.6 Å². The minimum Gasteiger partial charge on any atom is -0.384 e. The van der Waals surface area contributed by atoms with Crippen LogP contribution < -0.4 is 10.6 Å². The fourth-order valence-corrected chi connectivity index (χ4v) is 2.66. The molecule has 1 saturated heterocycles. The van der Waals surface area contributed by atoms with E-state index >= 15 is 0 Å². The first kappa shape index (κ1) is 16.8. The Bertz CT molecular complexity index is 520. The number of hydrogen-bond donors (Lipinski definition) is 2. The van der Waals surface area contributed by atoms with Gasteiger partial charge in [-0.25, -0.2) is 0 Å². The van der Waals surface area contributed by atoms with E-state index in [0.717, 1.165) is 12.1 Å². The van der Waals surface area contributed by atoms with E-state index in [-0.39, 0.29) is 18.2 Å². The maximum Gasteiger partial charge on any atom is 0.416 e. The number of amides is 1. The van der Waals surface area contributed by atoms with Crippen LogP contribution >= 0.6 is 0 Å². The Morgan fingerprint density at radius 3 is 2.64 bits per heavy atom. The van der Waals surface area contributed by atoms with Crippen LogP contribution in [0.3, 0.4) is 0 Å². The van der Waals surface area contributed by atoms with Gasteiger partial charge in [-0.3, -0.25) is 4.79 Å². The molecule has 0 bridgehead atoms. The van der Waals surface area contributed by atoms with Crippen LogP contribution in [0.4, 0.5) is 18.9 Å². The van der Waals surface area contributed by atoms with Crippen molar-refractivity contribution in [2.75, 3.05) is 32.1 Å². The summed E-state index contributed by atoms with van der Waals surface area (Å²) in [6, 6.07) is 4.66. The Morgan fingerprint density at radius 1 is 1.36 bits per heavy atom. The molecule has 7 heteroatoms. The molecule has 122 valence electrons. The van der Waals surface area contributed by atoms with Gasteiger partial charge >= 0.3 is 6.18 Å². The summed E-state index contributed by atoms with van der Waals surface area (Å²) in [5.74, 6) is -0.296. The smallest absolute Gasteiger partial charge is 0.384 e. The Hall–Kier alpha value is -1.60. The Labute approximate surface area is 127 Å². The summed E-state index contributed by atoms with van der Waals surface area (Å²) in [5.41, 5.74) is -1.33. The molecule has 1 amide bonds. The summed E-state index contributed by atoms with van der Waals surface area (Å²) in [6.45, 7) is 1.61. The van der Waals surface area contributed by atoms with E-state index in [9.17, 15) is 18.0 Å². The number of piperidine rings is 1. The van der Waals surface area contributed by atoms with Crippen molar-refractivity contribution in [2.24, 2.45) is 5.41 Å². The maximum atomic E-state index is 12.7. The molecule has 2 N–H and O–H groups in total. The second kappa shape index (κ2) is 6.66. The van der Waals surface area contributed by atoms with Gasteiger partial charge in [0.25, 0.3) is 0 Å². The third-order valence-electron chi connectivity index (χ3n) is 3.91. The van der Waals surface area contributed by atoms with Gasteiger partial charge in [0.1, 0.15) is 0 Å². The van der Waals surface area contributed by atoms with E-state index in [1.807, 2.05) is 0 Å². The third-order valence-corrected chi connectivity index (χ3v) is 3.91. The standard InChI is InChI=1S/C15H19F3N2O2/c1-22-10-14(5-7-19-8-6-14)13(21)20-12-4-2-3-11(9-12)15(16,17)18/h2-4,9,19H,5-8,10H2,1H3,(H,20,21). The molecule has 1 aromatic rings. The van der Waals surface area contributed by atoms with Crippen molar-refractivity contribution in [3.8, 4) is 0 Å². The molecule has 1 heterocycles. The van der Waals surface area contributed by atoms with Gasteiger partial charge in [0.15, 0.2) is 0 Å². The summed E-state index contributed by atoms with van der Waals surface area (Å²) in [7, 11) is 1.52. The number of benzene rings is 1. The van der Waals surface area contributed by atoms with Gasteiger partial charge in [0, 0.05) is 12.8 Å². The molecule has 0 radical (unpaired) electrons. The normalized spacial score (nSPS) is 18.0. The molecule has 1 fully saturated rings. The molecular weight excluding hydrogens is 297 g/mol. The second-order valence-electron chi connectivity index (χ2n) is 5.50. The summed E-state index contributed by atoms with van der Waals surface area (Å²) >= 11 is 0. The summed E-state index contributed by atoms with van der Waals surface area (Å²) in [5, 5.41) is 5.76. The minimum absolute atomic E-state index is 0.147. The highest BCUT2D eigenvalue weighted by molar-refractivity contribution is 5.95. The summed E-state index contributed by atoms with van der Waals surface area (Å²) in [6.07, 6.45) is -3.25. The van der Waals surface area contributed by atoms with E-state index < -0.39 is 17.2 Å². The number of methoxy groups -OCH3 is 1. The molecule has 0 saturated carbocycles. The molecule has 0 spiro atoms. The lowest BCUT2D eigenvalue weighted by atomic mass is 9.78. The molecule has 1 aliphatic heterocycles. The maximum absolute atomic E-state index is 12.7. The summed E-state index contributed by atoms with van der Waals surface area (Å²) in [4.78, 5) is 12.5. The van der Waals surface area contributed by atoms with Gasteiger partial charge < -0.3 is 15.4 Å². The fourth-order valence-electron chi connectivity index (χ4n) is 2.66. The molecule has 2 rings (SSSR count). The number of carbonyl (C=O) groups is 1. The van der Waals surface area contributed by atoms with Gasteiger partial charge in [-0.05, 0) is 44.1 Å². The number of hydrogen-bond acceptors (Lipinski definition) is 3. The average molecular weight is 316 g/mol. The lowest BCUT2D eigenvalue weighted by molar-refractivity contribution is -0.137. The molecule has 0 atom stereocenters. The Kier molecular flexibility index (Phi) is 5.08. The van der Waals surface area contributed by atoms with Crippen LogP contribution in [0, 0.1) is 5.41 Å².